The van der Waals surface area contributed by atoms with Crippen LogP contribution in [0.5, 0.6) is 0 Å². The highest BCUT2D eigenvalue weighted by Gasteiger charge is 2.30. The van der Waals surface area contributed by atoms with Crippen LogP contribution >= 0.6 is 0 Å². The zero-order chi connectivity index (χ0) is 20.2. The number of halogens is 1. The van der Waals surface area contributed by atoms with E-state index in [9.17, 15) is 14.0 Å². The standard InChI is InChI=1S/C21H29FN2O3/c1-6-15-7-8-18(22)16(13-15)14-19(25)24-11-9-17(10-12-24)23(5)20(26)27-21(2,3)4/h6-8,13,17H,1,9-12,14H2,2-5H3. The van der Waals surface area contributed by atoms with E-state index in [1.54, 1.807) is 35.1 Å². The van der Waals surface area contributed by atoms with Crippen LogP contribution in [0.2, 0.25) is 0 Å². The summed E-state index contributed by atoms with van der Waals surface area (Å²) in [6.45, 7) is 10.3. The number of rotatable bonds is 4. The highest BCUT2D eigenvalue weighted by Crippen LogP contribution is 2.20. The van der Waals surface area contributed by atoms with Gasteiger partial charge in [0.1, 0.15) is 11.4 Å². The molecule has 1 aromatic carbocycles. The molecule has 0 spiro atoms. The van der Waals surface area contributed by atoms with Crippen LogP contribution in [-0.2, 0) is 16.0 Å². The topological polar surface area (TPSA) is 49.9 Å². The molecule has 2 rings (SSSR count). The first-order valence-electron chi connectivity index (χ1n) is 9.25. The molecule has 0 bridgehead atoms. The molecule has 1 aliphatic rings. The Bertz CT molecular complexity index is 704. The summed E-state index contributed by atoms with van der Waals surface area (Å²) in [5, 5.41) is 0. The Balaban J connectivity index is 1.90. The second-order valence-corrected chi connectivity index (χ2v) is 7.93. The van der Waals surface area contributed by atoms with E-state index in [0.717, 1.165) is 5.56 Å². The van der Waals surface area contributed by atoms with Crippen LogP contribution in [0.3, 0.4) is 0 Å². The van der Waals surface area contributed by atoms with Crippen LogP contribution in [0.15, 0.2) is 24.8 Å². The number of carbonyl (C=O) groups excluding carboxylic acids is 2. The van der Waals surface area contributed by atoms with Crippen molar-refractivity contribution >= 4 is 18.1 Å². The second-order valence-electron chi connectivity index (χ2n) is 7.93. The van der Waals surface area contributed by atoms with Crippen molar-refractivity contribution in [2.75, 3.05) is 20.1 Å². The van der Waals surface area contributed by atoms with Crippen molar-refractivity contribution in [3.63, 3.8) is 0 Å². The fraction of sp³-hybridized carbons (Fsp3) is 0.524. The van der Waals surface area contributed by atoms with Gasteiger partial charge in [-0.3, -0.25) is 4.79 Å². The first-order valence-corrected chi connectivity index (χ1v) is 9.25. The van der Waals surface area contributed by atoms with E-state index in [1.807, 2.05) is 20.8 Å². The number of ether oxygens (including phenoxy) is 1. The third kappa shape index (κ3) is 5.81. The molecule has 1 aromatic rings. The lowest BCUT2D eigenvalue weighted by Gasteiger charge is -2.37. The van der Waals surface area contributed by atoms with E-state index in [-0.39, 0.29) is 30.3 Å². The minimum atomic E-state index is -0.536. The SMILES string of the molecule is C=Cc1ccc(F)c(CC(=O)N2CCC(N(C)C(=O)OC(C)(C)C)CC2)c1. The van der Waals surface area contributed by atoms with E-state index in [0.29, 0.717) is 31.5 Å². The van der Waals surface area contributed by atoms with Gasteiger partial charge in [0.05, 0.1) is 6.42 Å². The molecule has 0 saturated carbocycles. The smallest absolute Gasteiger partial charge is 0.410 e. The summed E-state index contributed by atoms with van der Waals surface area (Å²) in [6.07, 6.45) is 2.66. The van der Waals surface area contributed by atoms with E-state index < -0.39 is 5.60 Å². The number of hydrogen-bond donors (Lipinski definition) is 0. The van der Waals surface area contributed by atoms with E-state index >= 15 is 0 Å². The first-order chi connectivity index (χ1) is 12.6. The average Bonchev–Trinajstić information content (AvgIpc) is 2.61. The summed E-state index contributed by atoms with van der Waals surface area (Å²) < 4.78 is 19.4. The van der Waals surface area contributed by atoms with Crippen LogP contribution in [0.1, 0.15) is 44.7 Å². The third-order valence-corrected chi connectivity index (χ3v) is 4.69. The molecule has 1 aliphatic heterocycles. The average molecular weight is 376 g/mol. The minimum absolute atomic E-state index is 0.0279. The van der Waals surface area contributed by atoms with Crippen LogP contribution in [0.4, 0.5) is 9.18 Å². The summed E-state index contributed by atoms with van der Waals surface area (Å²) in [6, 6.07) is 4.68. The lowest BCUT2D eigenvalue weighted by molar-refractivity contribution is -0.131. The quantitative estimate of drug-likeness (QED) is 0.802. The lowest BCUT2D eigenvalue weighted by atomic mass is 10.0. The molecule has 1 fully saturated rings. The largest absolute Gasteiger partial charge is 0.444 e. The van der Waals surface area contributed by atoms with Gasteiger partial charge < -0.3 is 14.5 Å². The summed E-state index contributed by atoms with van der Waals surface area (Å²) in [5.41, 5.74) is 0.633. The molecule has 0 aromatic heterocycles. The molecule has 0 radical (unpaired) electrons. The van der Waals surface area contributed by atoms with Gasteiger partial charge >= 0.3 is 6.09 Å². The summed E-state index contributed by atoms with van der Waals surface area (Å²) in [4.78, 5) is 28.1. The fourth-order valence-electron chi connectivity index (χ4n) is 3.12. The molecule has 0 N–H and O–H groups in total. The Morgan fingerprint density at radius 3 is 2.52 bits per heavy atom. The van der Waals surface area contributed by atoms with Gasteiger partial charge in [-0.2, -0.15) is 0 Å². The van der Waals surface area contributed by atoms with Gasteiger partial charge in [-0.15, -0.1) is 0 Å². The minimum Gasteiger partial charge on any atom is -0.444 e. The number of likely N-dealkylation sites (tertiary alicyclic amines) is 1. The number of carbonyl (C=O) groups is 2. The predicted molar refractivity (Wildman–Crippen MR) is 104 cm³/mol. The lowest BCUT2D eigenvalue weighted by Crippen LogP contribution is -2.48. The van der Waals surface area contributed by atoms with Gasteiger partial charge in [-0.1, -0.05) is 18.7 Å². The van der Waals surface area contributed by atoms with Gasteiger partial charge in [0.25, 0.3) is 0 Å². The maximum Gasteiger partial charge on any atom is 0.410 e. The Kier molecular flexibility index (Phi) is 6.63. The molecule has 0 unspecified atom stereocenters. The molecule has 2 amide bonds. The molecular weight excluding hydrogens is 347 g/mol. The third-order valence-electron chi connectivity index (χ3n) is 4.69. The summed E-state index contributed by atoms with van der Waals surface area (Å²) in [7, 11) is 1.73. The van der Waals surface area contributed by atoms with Gasteiger partial charge in [0.15, 0.2) is 0 Å². The fourth-order valence-corrected chi connectivity index (χ4v) is 3.12. The highest BCUT2D eigenvalue weighted by molar-refractivity contribution is 5.79. The van der Waals surface area contributed by atoms with Crippen LogP contribution in [0.25, 0.3) is 6.08 Å². The Hall–Kier alpha value is -2.37. The summed E-state index contributed by atoms with van der Waals surface area (Å²) in [5.74, 6) is -0.484. The predicted octanol–water partition coefficient (Wildman–Crippen LogP) is 3.87. The Morgan fingerprint density at radius 2 is 1.96 bits per heavy atom. The van der Waals surface area contributed by atoms with E-state index in [1.165, 1.54) is 6.07 Å². The zero-order valence-electron chi connectivity index (χ0n) is 16.6. The van der Waals surface area contributed by atoms with Gasteiger partial charge in [-0.05, 0) is 56.9 Å². The molecule has 6 heteroatoms. The molecule has 1 heterocycles. The van der Waals surface area contributed by atoms with Crippen molar-refractivity contribution in [2.24, 2.45) is 0 Å². The number of nitrogens with zero attached hydrogens (tertiary/aromatic N) is 2. The maximum absolute atomic E-state index is 14.0. The number of piperidine rings is 1. The maximum atomic E-state index is 14.0. The number of hydrogen-bond acceptors (Lipinski definition) is 3. The summed E-state index contributed by atoms with van der Waals surface area (Å²) >= 11 is 0. The second kappa shape index (κ2) is 8.55. The first kappa shape index (κ1) is 20.9. The Morgan fingerprint density at radius 1 is 1.33 bits per heavy atom. The van der Waals surface area contributed by atoms with Crippen molar-refractivity contribution in [1.82, 2.24) is 9.80 Å². The highest BCUT2D eigenvalue weighted by atomic mass is 19.1. The van der Waals surface area contributed by atoms with Crippen LogP contribution < -0.4 is 0 Å². The van der Waals surface area contributed by atoms with E-state index in [4.69, 9.17) is 4.74 Å². The molecule has 27 heavy (non-hydrogen) atoms. The van der Waals surface area contributed by atoms with Crippen molar-refractivity contribution in [3.05, 3.63) is 41.7 Å². The molecule has 1 saturated heterocycles. The van der Waals surface area contributed by atoms with Gasteiger partial charge in [-0.25, -0.2) is 9.18 Å². The van der Waals surface area contributed by atoms with Crippen molar-refractivity contribution in [3.8, 4) is 0 Å². The van der Waals surface area contributed by atoms with Crippen LogP contribution in [-0.4, -0.2) is 53.6 Å². The number of benzene rings is 1. The van der Waals surface area contributed by atoms with Crippen molar-refractivity contribution in [1.29, 1.82) is 0 Å². The van der Waals surface area contributed by atoms with Gasteiger partial charge in [0, 0.05) is 26.2 Å². The van der Waals surface area contributed by atoms with Crippen molar-refractivity contribution < 1.29 is 18.7 Å². The normalized spacial score (nSPS) is 15.4. The molecule has 0 aliphatic carbocycles. The Labute approximate surface area is 160 Å². The van der Waals surface area contributed by atoms with Crippen LogP contribution in [0, 0.1) is 5.82 Å². The molecule has 148 valence electrons. The molecular formula is C21H29FN2O3. The van der Waals surface area contributed by atoms with Gasteiger partial charge in [0.2, 0.25) is 5.91 Å². The van der Waals surface area contributed by atoms with Crippen molar-refractivity contribution in [2.45, 2.75) is 51.7 Å². The molecule has 0 atom stereocenters. The van der Waals surface area contributed by atoms with E-state index in [2.05, 4.69) is 6.58 Å². The molecule has 5 nitrogen and oxygen atoms in total. The zero-order valence-corrected chi connectivity index (χ0v) is 16.6. The number of amides is 2. The monoisotopic (exact) mass is 376 g/mol.